The summed E-state index contributed by atoms with van der Waals surface area (Å²) in [5.74, 6) is 0.301. The molecule has 3 aromatic carbocycles. The largest absolute Gasteiger partial charge is 0.489 e. The van der Waals surface area contributed by atoms with Crippen LogP contribution in [0.15, 0.2) is 71.6 Å². The lowest BCUT2D eigenvalue weighted by molar-refractivity contribution is -0.113. The molecule has 1 heterocycles. The van der Waals surface area contributed by atoms with Crippen molar-refractivity contribution in [1.82, 2.24) is 0 Å². The van der Waals surface area contributed by atoms with E-state index >= 15 is 0 Å². The highest BCUT2D eigenvalue weighted by atomic mass is 35.5. The molecular weight excluding hydrogens is 477 g/mol. The molecule has 1 aliphatic heterocycles. The number of benzene rings is 3. The Balaban J connectivity index is 1.44. The minimum Gasteiger partial charge on any atom is -0.489 e. The lowest BCUT2D eigenvalue weighted by atomic mass is 10.2. The first kappa shape index (κ1) is 21.8. The number of halogens is 3. The van der Waals surface area contributed by atoms with E-state index in [9.17, 15) is 9.59 Å². The van der Waals surface area contributed by atoms with Gasteiger partial charge >= 0.3 is 0 Å². The number of anilines is 1. The molecule has 4 nitrogen and oxygen atoms in total. The van der Waals surface area contributed by atoms with Gasteiger partial charge < -0.3 is 4.74 Å². The lowest BCUT2D eigenvalue weighted by Gasteiger charge is -2.12. The summed E-state index contributed by atoms with van der Waals surface area (Å²) in [6.07, 6.45) is 1.68. The Morgan fingerprint density at radius 2 is 1.58 bits per heavy atom. The topological polar surface area (TPSA) is 46.6 Å². The Kier molecular flexibility index (Phi) is 6.58. The summed E-state index contributed by atoms with van der Waals surface area (Å²) in [5, 5.41) is 1.16. The maximum atomic E-state index is 12.7. The van der Waals surface area contributed by atoms with E-state index in [1.54, 1.807) is 54.6 Å². The van der Waals surface area contributed by atoms with Gasteiger partial charge in [0.15, 0.2) is 0 Å². The standard InChI is InChI=1S/C23H14Cl3NO3S/c24-16-4-6-17(7-5-16)27-22(28)21(31-23(27)29)12-14-1-8-18(9-2-14)30-13-15-3-10-19(25)20(26)11-15/h1-12H,13H2/b21-12+. The summed E-state index contributed by atoms with van der Waals surface area (Å²) in [4.78, 5) is 26.6. The Bertz CT molecular complexity index is 1180. The van der Waals surface area contributed by atoms with Gasteiger partial charge in [0.25, 0.3) is 11.1 Å². The highest BCUT2D eigenvalue weighted by Gasteiger charge is 2.36. The second-order valence-electron chi connectivity index (χ2n) is 6.60. The number of thioether (sulfide) groups is 1. The van der Waals surface area contributed by atoms with Crippen LogP contribution in [-0.4, -0.2) is 11.1 Å². The van der Waals surface area contributed by atoms with Crippen LogP contribution in [-0.2, 0) is 11.4 Å². The van der Waals surface area contributed by atoms with Gasteiger partial charge in [-0.3, -0.25) is 9.59 Å². The van der Waals surface area contributed by atoms with Crippen LogP contribution in [0.3, 0.4) is 0 Å². The Hall–Kier alpha value is -2.44. The number of nitrogens with zero attached hydrogens (tertiary/aromatic N) is 1. The third-order valence-electron chi connectivity index (χ3n) is 4.45. The van der Waals surface area contributed by atoms with E-state index in [1.165, 1.54) is 0 Å². The van der Waals surface area contributed by atoms with Gasteiger partial charge in [0.05, 0.1) is 20.6 Å². The number of imide groups is 1. The molecule has 0 aliphatic carbocycles. The molecule has 0 aromatic heterocycles. The molecular formula is C23H14Cl3NO3S. The van der Waals surface area contributed by atoms with E-state index in [0.29, 0.717) is 38.0 Å². The molecule has 31 heavy (non-hydrogen) atoms. The second-order valence-corrected chi connectivity index (χ2v) is 8.84. The number of hydrogen-bond donors (Lipinski definition) is 0. The molecule has 1 saturated heterocycles. The zero-order valence-electron chi connectivity index (χ0n) is 15.8. The van der Waals surface area contributed by atoms with E-state index in [-0.39, 0.29) is 11.1 Å². The molecule has 0 N–H and O–H groups in total. The quantitative estimate of drug-likeness (QED) is 0.348. The molecule has 0 bridgehead atoms. The zero-order chi connectivity index (χ0) is 22.0. The Labute approximate surface area is 198 Å². The Morgan fingerprint density at radius 1 is 0.871 bits per heavy atom. The first-order valence-corrected chi connectivity index (χ1v) is 11.1. The van der Waals surface area contributed by atoms with E-state index in [0.717, 1.165) is 27.8 Å². The van der Waals surface area contributed by atoms with Crippen molar-refractivity contribution < 1.29 is 14.3 Å². The van der Waals surface area contributed by atoms with Crippen molar-refractivity contribution in [3.05, 3.63) is 97.8 Å². The van der Waals surface area contributed by atoms with Gasteiger partial charge in [-0.1, -0.05) is 53.0 Å². The number of carbonyl (C=O) groups is 2. The average molecular weight is 491 g/mol. The summed E-state index contributed by atoms with van der Waals surface area (Å²) in [7, 11) is 0. The lowest BCUT2D eigenvalue weighted by Crippen LogP contribution is -2.27. The molecule has 1 aliphatic rings. The van der Waals surface area contributed by atoms with Crippen molar-refractivity contribution in [3.63, 3.8) is 0 Å². The number of hydrogen-bond acceptors (Lipinski definition) is 4. The van der Waals surface area contributed by atoms with Gasteiger partial charge in [0, 0.05) is 5.02 Å². The summed E-state index contributed by atoms with van der Waals surface area (Å²) in [6.45, 7) is 0.343. The number of ether oxygens (including phenoxy) is 1. The number of rotatable bonds is 5. The molecule has 156 valence electrons. The van der Waals surface area contributed by atoms with Crippen LogP contribution in [0.4, 0.5) is 10.5 Å². The molecule has 2 amide bonds. The van der Waals surface area contributed by atoms with Crippen LogP contribution < -0.4 is 9.64 Å². The summed E-state index contributed by atoms with van der Waals surface area (Å²) >= 11 is 18.7. The zero-order valence-corrected chi connectivity index (χ0v) is 18.9. The fourth-order valence-electron chi connectivity index (χ4n) is 2.89. The van der Waals surface area contributed by atoms with E-state index in [1.807, 2.05) is 18.2 Å². The molecule has 0 atom stereocenters. The molecule has 3 aromatic rings. The van der Waals surface area contributed by atoms with Gasteiger partial charge in [-0.15, -0.1) is 0 Å². The predicted molar refractivity (Wildman–Crippen MR) is 127 cm³/mol. The van der Waals surface area contributed by atoms with Crippen molar-refractivity contribution in [2.75, 3.05) is 4.90 Å². The van der Waals surface area contributed by atoms with Gasteiger partial charge in [-0.05, 0) is 77.5 Å². The molecule has 0 unspecified atom stereocenters. The first-order valence-electron chi connectivity index (χ1n) is 9.11. The van der Waals surface area contributed by atoms with Crippen LogP contribution in [0.5, 0.6) is 5.75 Å². The number of carbonyl (C=O) groups excluding carboxylic acids is 2. The normalized spacial score (nSPS) is 15.1. The smallest absolute Gasteiger partial charge is 0.298 e. The summed E-state index contributed by atoms with van der Waals surface area (Å²) in [5.41, 5.74) is 2.17. The highest BCUT2D eigenvalue weighted by Crippen LogP contribution is 2.36. The van der Waals surface area contributed by atoms with Crippen LogP contribution in [0.25, 0.3) is 6.08 Å². The SMILES string of the molecule is O=C1S/C(=C/c2ccc(OCc3ccc(Cl)c(Cl)c3)cc2)C(=O)N1c1ccc(Cl)cc1. The predicted octanol–water partition coefficient (Wildman–Crippen LogP) is 7.47. The maximum Gasteiger partial charge on any atom is 0.298 e. The molecule has 8 heteroatoms. The monoisotopic (exact) mass is 489 g/mol. The molecule has 0 radical (unpaired) electrons. The van der Waals surface area contributed by atoms with Crippen molar-refractivity contribution in [1.29, 1.82) is 0 Å². The van der Waals surface area contributed by atoms with Crippen molar-refractivity contribution >= 4 is 69.5 Å². The summed E-state index contributed by atoms with van der Waals surface area (Å²) in [6, 6.07) is 19.1. The van der Waals surface area contributed by atoms with Gasteiger partial charge in [0.1, 0.15) is 12.4 Å². The minimum absolute atomic E-state index is 0.343. The van der Waals surface area contributed by atoms with Gasteiger partial charge in [0.2, 0.25) is 0 Å². The summed E-state index contributed by atoms with van der Waals surface area (Å²) < 4.78 is 5.77. The maximum absolute atomic E-state index is 12.7. The van der Waals surface area contributed by atoms with Crippen LogP contribution in [0.2, 0.25) is 15.1 Å². The Morgan fingerprint density at radius 3 is 2.26 bits per heavy atom. The van der Waals surface area contributed by atoms with Crippen molar-refractivity contribution in [2.45, 2.75) is 6.61 Å². The van der Waals surface area contributed by atoms with Gasteiger partial charge in [-0.2, -0.15) is 0 Å². The van der Waals surface area contributed by atoms with Crippen molar-refractivity contribution in [3.8, 4) is 5.75 Å². The molecule has 0 saturated carbocycles. The van der Waals surface area contributed by atoms with E-state index < -0.39 is 0 Å². The van der Waals surface area contributed by atoms with Gasteiger partial charge in [-0.25, -0.2) is 4.90 Å². The average Bonchev–Trinajstić information content (AvgIpc) is 3.03. The van der Waals surface area contributed by atoms with E-state index in [2.05, 4.69) is 0 Å². The van der Waals surface area contributed by atoms with Crippen LogP contribution in [0, 0.1) is 0 Å². The highest BCUT2D eigenvalue weighted by molar-refractivity contribution is 8.19. The third kappa shape index (κ3) is 5.08. The van der Waals surface area contributed by atoms with Crippen LogP contribution >= 0.6 is 46.6 Å². The minimum atomic E-state index is -0.364. The molecule has 0 spiro atoms. The van der Waals surface area contributed by atoms with E-state index in [4.69, 9.17) is 39.5 Å². The first-order chi connectivity index (χ1) is 14.9. The third-order valence-corrected chi connectivity index (χ3v) is 6.31. The fraction of sp³-hybridized carbons (Fsp3) is 0.0435. The number of amides is 2. The van der Waals surface area contributed by atoms with Crippen LogP contribution in [0.1, 0.15) is 11.1 Å². The molecule has 4 rings (SSSR count). The second kappa shape index (κ2) is 9.37. The fourth-order valence-corrected chi connectivity index (χ4v) is 4.18. The van der Waals surface area contributed by atoms with Crippen molar-refractivity contribution in [2.24, 2.45) is 0 Å². The molecule has 1 fully saturated rings.